The molecule has 100 valence electrons. The number of benzene rings is 2. The molecule has 0 saturated carbocycles. The molecule has 19 heavy (non-hydrogen) atoms. The summed E-state index contributed by atoms with van der Waals surface area (Å²) in [7, 11) is 2.03. The molecule has 0 aromatic heterocycles. The molecule has 2 aromatic carbocycles. The van der Waals surface area contributed by atoms with Gasteiger partial charge in [-0.2, -0.15) is 0 Å². The van der Waals surface area contributed by atoms with Gasteiger partial charge in [-0.1, -0.05) is 30.3 Å². The van der Waals surface area contributed by atoms with Crippen molar-refractivity contribution >= 4 is 5.69 Å². The standard InChI is InChI=1S/C16H19FN2/c1-12-5-3-4-6-14(12)11-19(2)10-13-7-8-16(18)15(17)9-13/h3-9H,10-11,18H2,1-2H3. The van der Waals surface area contributed by atoms with Crippen LogP contribution in [-0.4, -0.2) is 11.9 Å². The summed E-state index contributed by atoms with van der Waals surface area (Å²) in [6.45, 7) is 3.65. The zero-order valence-corrected chi connectivity index (χ0v) is 11.4. The smallest absolute Gasteiger partial charge is 0.146 e. The number of halogens is 1. The van der Waals surface area contributed by atoms with Gasteiger partial charge in [-0.3, -0.25) is 4.90 Å². The normalized spacial score (nSPS) is 10.9. The largest absolute Gasteiger partial charge is 0.396 e. The Bertz CT molecular complexity index is 566. The van der Waals surface area contributed by atoms with Gasteiger partial charge >= 0.3 is 0 Å². The molecule has 0 aliphatic carbocycles. The maximum Gasteiger partial charge on any atom is 0.146 e. The molecule has 0 unspecified atom stereocenters. The van der Waals surface area contributed by atoms with Crippen LogP contribution in [0.5, 0.6) is 0 Å². The van der Waals surface area contributed by atoms with Crippen LogP contribution in [0.25, 0.3) is 0 Å². The number of nitrogen functional groups attached to an aromatic ring is 1. The van der Waals surface area contributed by atoms with Gasteiger partial charge < -0.3 is 5.73 Å². The average molecular weight is 258 g/mol. The molecular weight excluding hydrogens is 239 g/mol. The van der Waals surface area contributed by atoms with E-state index in [0.29, 0.717) is 6.54 Å². The fraction of sp³-hybridized carbons (Fsp3) is 0.250. The monoisotopic (exact) mass is 258 g/mol. The minimum atomic E-state index is -0.346. The maximum atomic E-state index is 13.4. The number of hydrogen-bond donors (Lipinski definition) is 1. The first-order valence-electron chi connectivity index (χ1n) is 6.33. The molecule has 0 fully saturated rings. The lowest BCUT2D eigenvalue weighted by molar-refractivity contribution is 0.318. The number of hydrogen-bond acceptors (Lipinski definition) is 2. The topological polar surface area (TPSA) is 29.3 Å². The Balaban J connectivity index is 2.03. The third-order valence-corrected chi connectivity index (χ3v) is 3.22. The molecule has 0 aliphatic rings. The summed E-state index contributed by atoms with van der Waals surface area (Å²) >= 11 is 0. The van der Waals surface area contributed by atoms with Crippen LogP contribution in [0.15, 0.2) is 42.5 Å². The third-order valence-electron chi connectivity index (χ3n) is 3.22. The van der Waals surface area contributed by atoms with E-state index in [1.165, 1.54) is 17.2 Å². The zero-order valence-electron chi connectivity index (χ0n) is 11.4. The van der Waals surface area contributed by atoms with Crippen molar-refractivity contribution in [1.82, 2.24) is 4.90 Å². The molecule has 0 radical (unpaired) electrons. The lowest BCUT2D eigenvalue weighted by Gasteiger charge is -2.18. The summed E-state index contributed by atoms with van der Waals surface area (Å²) < 4.78 is 13.4. The molecule has 0 bridgehead atoms. The molecule has 0 heterocycles. The Morgan fingerprint density at radius 1 is 1.11 bits per heavy atom. The second-order valence-corrected chi connectivity index (χ2v) is 4.95. The highest BCUT2D eigenvalue weighted by atomic mass is 19.1. The van der Waals surface area contributed by atoms with E-state index >= 15 is 0 Å². The van der Waals surface area contributed by atoms with Gasteiger partial charge in [-0.25, -0.2) is 4.39 Å². The van der Waals surface area contributed by atoms with Crippen LogP contribution in [0, 0.1) is 12.7 Å². The van der Waals surface area contributed by atoms with Crippen LogP contribution in [-0.2, 0) is 13.1 Å². The lowest BCUT2D eigenvalue weighted by atomic mass is 10.1. The van der Waals surface area contributed by atoms with Crippen molar-refractivity contribution < 1.29 is 4.39 Å². The van der Waals surface area contributed by atoms with Gasteiger partial charge in [0, 0.05) is 13.1 Å². The van der Waals surface area contributed by atoms with E-state index in [-0.39, 0.29) is 11.5 Å². The predicted molar refractivity (Wildman–Crippen MR) is 77.2 cm³/mol. The van der Waals surface area contributed by atoms with Crippen molar-refractivity contribution in [2.24, 2.45) is 0 Å². The molecule has 2 aromatic rings. The molecule has 0 amide bonds. The highest BCUT2D eigenvalue weighted by Crippen LogP contribution is 2.15. The molecule has 2 N–H and O–H groups in total. The zero-order chi connectivity index (χ0) is 13.8. The Hall–Kier alpha value is -1.87. The fourth-order valence-electron chi connectivity index (χ4n) is 2.11. The number of anilines is 1. The van der Waals surface area contributed by atoms with Crippen LogP contribution in [0.4, 0.5) is 10.1 Å². The molecule has 0 aliphatic heterocycles. The first kappa shape index (κ1) is 13.6. The van der Waals surface area contributed by atoms with Crippen LogP contribution in [0.1, 0.15) is 16.7 Å². The molecule has 2 rings (SSSR count). The summed E-state index contributed by atoms with van der Waals surface area (Å²) in [5.74, 6) is -0.346. The summed E-state index contributed by atoms with van der Waals surface area (Å²) in [5, 5.41) is 0. The highest BCUT2D eigenvalue weighted by molar-refractivity contribution is 5.41. The van der Waals surface area contributed by atoms with Crippen molar-refractivity contribution in [2.75, 3.05) is 12.8 Å². The van der Waals surface area contributed by atoms with Gasteiger partial charge in [0.25, 0.3) is 0 Å². The Morgan fingerprint density at radius 2 is 1.84 bits per heavy atom. The summed E-state index contributed by atoms with van der Waals surface area (Å²) in [6, 6.07) is 13.3. The fourth-order valence-corrected chi connectivity index (χ4v) is 2.11. The van der Waals surface area contributed by atoms with Crippen molar-refractivity contribution in [1.29, 1.82) is 0 Å². The first-order chi connectivity index (χ1) is 9.06. The van der Waals surface area contributed by atoms with Gasteiger partial charge in [-0.05, 0) is 42.8 Å². The second-order valence-electron chi connectivity index (χ2n) is 4.95. The van der Waals surface area contributed by atoms with E-state index in [4.69, 9.17) is 5.73 Å². The van der Waals surface area contributed by atoms with Gasteiger partial charge in [0.2, 0.25) is 0 Å². The van der Waals surface area contributed by atoms with Crippen LogP contribution in [0.3, 0.4) is 0 Å². The van der Waals surface area contributed by atoms with Gasteiger partial charge in [-0.15, -0.1) is 0 Å². The third kappa shape index (κ3) is 3.55. The average Bonchev–Trinajstić information content (AvgIpc) is 2.37. The minimum absolute atomic E-state index is 0.199. The van der Waals surface area contributed by atoms with Crippen molar-refractivity contribution in [2.45, 2.75) is 20.0 Å². The first-order valence-corrected chi connectivity index (χ1v) is 6.33. The molecule has 2 nitrogen and oxygen atoms in total. The summed E-state index contributed by atoms with van der Waals surface area (Å²) in [4.78, 5) is 2.16. The molecule has 3 heteroatoms. The Labute approximate surface area is 113 Å². The van der Waals surface area contributed by atoms with E-state index in [0.717, 1.165) is 12.1 Å². The minimum Gasteiger partial charge on any atom is -0.396 e. The second kappa shape index (κ2) is 5.85. The van der Waals surface area contributed by atoms with E-state index in [9.17, 15) is 4.39 Å². The van der Waals surface area contributed by atoms with Crippen LogP contribution < -0.4 is 5.73 Å². The quantitative estimate of drug-likeness (QED) is 0.852. The van der Waals surface area contributed by atoms with E-state index in [2.05, 4.69) is 24.0 Å². The molecule has 0 saturated heterocycles. The van der Waals surface area contributed by atoms with E-state index < -0.39 is 0 Å². The SMILES string of the molecule is Cc1ccccc1CN(C)Cc1ccc(N)c(F)c1. The lowest BCUT2D eigenvalue weighted by Crippen LogP contribution is -2.18. The van der Waals surface area contributed by atoms with Gasteiger partial charge in [0.15, 0.2) is 0 Å². The van der Waals surface area contributed by atoms with Crippen molar-refractivity contribution in [3.8, 4) is 0 Å². The molecule has 0 spiro atoms. The van der Waals surface area contributed by atoms with Gasteiger partial charge in [0.05, 0.1) is 5.69 Å². The predicted octanol–water partition coefficient (Wildman–Crippen LogP) is 3.35. The number of nitrogens with zero attached hydrogens (tertiary/aromatic N) is 1. The van der Waals surface area contributed by atoms with Crippen LogP contribution in [0.2, 0.25) is 0 Å². The Morgan fingerprint density at radius 3 is 2.53 bits per heavy atom. The van der Waals surface area contributed by atoms with Crippen LogP contribution >= 0.6 is 0 Å². The van der Waals surface area contributed by atoms with E-state index in [1.54, 1.807) is 6.07 Å². The molecular formula is C16H19FN2. The number of aryl methyl sites for hydroxylation is 1. The van der Waals surface area contributed by atoms with Crippen molar-refractivity contribution in [3.05, 3.63) is 65.0 Å². The number of rotatable bonds is 4. The van der Waals surface area contributed by atoms with E-state index in [1.807, 2.05) is 25.2 Å². The molecule has 0 atom stereocenters. The summed E-state index contributed by atoms with van der Waals surface area (Å²) in [6.07, 6.45) is 0. The van der Waals surface area contributed by atoms with Crippen molar-refractivity contribution in [3.63, 3.8) is 0 Å². The highest BCUT2D eigenvalue weighted by Gasteiger charge is 2.05. The number of nitrogens with two attached hydrogens (primary N) is 1. The maximum absolute atomic E-state index is 13.4. The Kier molecular flexibility index (Phi) is 4.17. The summed E-state index contributed by atoms with van der Waals surface area (Å²) in [5.41, 5.74) is 9.18. The van der Waals surface area contributed by atoms with Gasteiger partial charge in [0.1, 0.15) is 5.82 Å².